The second-order valence-corrected chi connectivity index (χ2v) is 7.82. The fraction of sp³-hybridized carbons (Fsp3) is 0.280. The van der Waals surface area contributed by atoms with Crippen molar-refractivity contribution in [2.75, 3.05) is 13.1 Å². The molecule has 0 radical (unpaired) electrons. The van der Waals surface area contributed by atoms with Crippen LogP contribution in [0.4, 0.5) is 0 Å². The van der Waals surface area contributed by atoms with Crippen LogP contribution in [-0.4, -0.2) is 40.1 Å². The van der Waals surface area contributed by atoms with Gasteiger partial charge >= 0.3 is 0 Å². The number of benzene rings is 2. The highest BCUT2D eigenvalue weighted by Gasteiger charge is 2.16. The quantitative estimate of drug-likeness (QED) is 0.612. The normalized spacial score (nSPS) is 14.9. The summed E-state index contributed by atoms with van der Waals surface area (Å²) in [4.78, 5) is 18.8. The zero-order valence-electron chi connectivity index (χ0n) is 17.4. The fourth-order valence-electron chi connectivity index (χ4n) is 3.60. The molecule has 0 unspecified atom stereocenters. The third-order valence-corrected chi connectivity index (χ3v) is 5.43. The number of carbonyl (C=O) groups excluding carboxylic acids is 1. The Morgan fingerprint density at radius 3 is 2.39 bits per heavy atom. The van der Waals surface area contributed by atoms with E-state index in [-0.39, 0.29) is 12.0 Å². The fourth-order valence-corrected chi connectivity index (χ4v) is 3.60. The molecule has 2 heterocycles. The van der Waals surface area contributed by atoms with Crippen molar-refractivity contribution in [3.05, 3.63) is 89.7 Å². The van der Waals surface area contributed by atoms with E-state index in [0.29, 0.717) is 23.6 Å². The second-order valence-electron chi connectivity index (χ2n) is 7.82. The average molecular weight is 418 g/mol. The number of aromatic nitrogens is 1. The molecule has 160 valence electrons. The molecular formula is C25H27N3O3. The summed E-state index contributed by atoms with van der Waals surface area (Å²) in [6.45, 7) is 3.24. The molecule has 6 nitrogen and oxygen atoms in total. The Labute approximate surface area is 182 Å². The first-order chi connectivity index (χ1) is 15.2. The highest BCUT2D eigenvalue weighted by atomic mass is 16.5. The lowest BCUT2D eigenvalue weighted by Crippen LogP contribution is -2.35. The van der Waals surface area contributed by atoms with Crippen LogP contribution >= 0.6 is 0 Å². The van der Waals surface area contributed by atoms with Crippen LogP contribution in [0, 0.1) is 0 Å². The van der Waals surface area contributed by atoms with Gasteiger partial charge in [-0.25, -0.2) is 0 Å². The van der Waals surface area contributed by atoms with Gasteiger partial charge in [-0.1, -0.05) is 24.3 Å². The number of nitrogens with one attached hydrogen (secondary N) is 1. The van der Waals surface area contributed by atoms with E-state index in [1.54, 1.807) is 36.7 Å². The number of pyridine rings is 1. The number of likely N-dealkylation sites (tertiary alicyclic amines) is 1. The van der Waals surface area contributed by atoms with Gasteiger partial charge in [-0.3, -0.25) is 14.7 Å². The summed E-state index contributed by atoms with van der Waals surface area (Å²) < 4.78 is 5.70. The maximum absolute atomic E-state index is 12.5. The van der Waals surface area contributed by atoms with E-state index in [0.717, 1.165) is 38.0 Å². The molecule has 6 heteroatoms. The van der Waals surface area contributed by atoms with Gasteiger partial charge in [-0.15, -0.1) is 0 Å². The van der Waals surface area contributed by atoms with Crippen molar-refractivity contribution in [1.82, 2.24) is 15.2 Å². The second kappa shape index (κ2) is 10.2. The molecule has 2 aromatic carbocycles. The van der Waals surface area contributed by atoms with Crippen LogP contribution < -0.4 is 10.1 Å². The molecule has 0 aliphatic carbocycles. The summed E-state index contributed by atoms with van der Waals surface area (Å²) in [5, 5.41) is 12.6. The van der Waals surface area contributed by atoms with Crippen LogP contribution in [0.5, 0.6) is 11.5 Å². The Kier molecular flexibility index (Phi) is 6.92. The van der Waals surface area contributed by atoms with Gasteiger partial charge in [0.1, 0.15) is 11.5 Å². The van der Waals surface area contributed by atoms with Crippen molar-refractivity contribution in [1.29, 1.82) is 0 Å². The predicted octanol–water partition coefficient (Wildman–Crippen LogP) is 3.76. The molecule has 1 amide bonds. The average Bonchev–Trinajstić information content (AvgIpc) is 2.81. The van der Waals surface area contributed by atoms with Crippen LogP contribution in [0.15, 0.2) is 73.1 Å². The minimum atomic E-state index is -0.146. The number of amides is 1. The number of aliphatic hydroxyl groups excluding tert-OH is 1. The van der Waals surface area contributed by atoms with Gasteiger partial charge < -0.3 is 15.2 Å². The smallest absolute Gasteiger partial charge is 0.251 e. The first-order valence-corrected chi connectivity index (χ1v) is 10.6. The van der Waals surface area contributed by atoms with E-state index in [2.05, 4.69) is 39.5 Å². The Hall–Kier alpha value is -3.22. The molecule has 0 atom stereocenters. The molecule has 0 spiro atoms. The minimum Gasteiger partial charge on any atom is -0.456 e. The molecule has 1 aliphatic heterocycles. The summed E-state index contributed by atoms with van der Waals surface area (Å²) in [5.41, 5.74) is 2.89. The molecule has 31 heavy (non-hydrogen) atoms. The Bertz CT molecular complexity index is 967. The topological polar surface area (TPSA) is 74.7 Å². The molecule has 1 aromatic heterocycles. The molecule has 1 aliphatic rings. The van der Waals surface area contributed by atoms with E-state index in [1.165, 1.54) is 5.56 Å². The monoisotopic (exact) mass is 417 g/mol. The summed E-state index contributed by atoms with van der Waals surface area (Å²) in [6.07, 6.45) is 4.88. The highest BCUT2D eigenvalue weighted by molar-refractivity contribution is 5.94. The number of ether oxygens (including phenoxy) is 1. The number of aliphatic hydroxyl groups is 1. The Morgan fingerprint density at radius 1 is 1.00 bits per heavy atom. The van der Waals surface area contributed by atoms with Crippen LogP contribution in [0.25, 0.3) is 0 Å². The Morgan fingerprint density at radius 2 is 1.71 bits per heavy atom. The molecule has 0 bridgehead atoms. The van der Waals surface area contributed by atoms with Crippen LogP contribution in [0.2, 0.25) is 0 Å². The highest BCUT2D eigenvalue weighted by Crippen LogP contribution is 2.20. The van der Waals surface area contributed by atoms with Gasteiger partial charge in [0.15, 0.2) is 0 Å². The third kappa shape index (κ3) is 6.13. The van der Waals surface area contributed by atoms with Crippen LogP contribution in [0.3, 0.4) is 0 Å². The Balaban J connectivity index is 1.25. The van der Waals surface area contributed by atoms with Gasteiger partial charge in [0, 0.05) is 37.9 Å². The van der Waals surface area contributed by atoms with Gasteiger partial charge in [0.05, 0.1) is 12.3 Å². The molecule has 2 N–H and O–H groups in total. The number of carbonyl (C=O) groups is 1. The largest absolute Gasteiger partial charge is 0.456 e. The van der Waals surface area contributed by atoms with E-state index in [4.69, 9.17) is 4.74 Å². The van der Waals surface area contributed by atoms with Gasteiger partial charge in [0.2, 0.25) is 0 Å². The van der Waals surface area contributed by atoms with Crippen LogP contribution in [-0.2, 0) is 13.1 Å². The van der Waals surface area contributed by atoms with E-state index >= 15 is 0 Å². The number of hydrogen-bond donors (Lipinski definition) is 2. The molecule has 3 aromatic rings. The van der Waals surface area contributed by atoms with Crippen molar-refractivity contribution in [2.45, 2.75) is 32.0 Å². The van der Waals surface area contributed by atoms with Gasteiger partial charge in [-0.05, 0) is 60.4 Å². The van der Waals surface area contributed by atoms with Crippen LogP contribution in [0.1, 0.15) is 34.3 Å². The predicted molar refractivity (Wildman–Crippen MR) is 119 cm³/mol. The standard InChI is InChI=1S/C25H27N3O3/c29-22-11-14-28(15-12-22)18-20-5-3-19(4-6-20)16-27-25(30)21-7-9-23(10-8-21)31-24-2-1-13-26-17-24/h1-10,13,17,22,29H,11-12,14-16,18H2,(H,27,30). The number of nitrogens with zero attached hydrogens (tertiary/aromatic N) is 2. The zero-order valence-corrected chi connectivity index (χ0v) is 17.4. The van der Waals surface area contributed by atoms with E-state index in [9.17, 15) is 9.90 Å². The van der Waals surface area contributed by atoms with Crippen molar-refractivity contribution < 1.29 is 14.6 Å². The molecular weight excluding hydrogens is 390 g/mol. The summed E-state index contributed by atoms with van der Waals surface area (Å²) >= 11 is 0. The molecule has 1 fully saturated rings. The number of piperidine rings is 1. The third-order valence-electron chi connectivity index (χ3n) is 5.43. The van der Waals surface area contributed by atoms with Crippen molar-refractivity contribution in [3.8, 4) is 11.5 Å². The summed E-state index contributed by atoms with van der Waals surface area (Å²) in [5.74, 6) is 1.19. The summed E-state index contributed by atoms with van der Waals surface area (Å²) in [6, 6.07) is 19.0. The summed E-state index contributed by atoms with van der Waals surface area (Å²) in [7, 11) is 0. The van der Waals surface area contributed by atoms with E-state index in [1.807, 2.05) is 12.1 Å². The number of rotatable bonds is 7. The lowest BCUT2D eigenvalue weighted by molar-refractivity contribution is 0.0792. The molecule has 1 saturated heterocycles. The lowest BCUT2D eigenvalue weighted by atomic mass is 10.1. The maximum Gasteiger partial charge on any atom is 0.251 e. The molecule has 4 rings (SSSR count). The van der Waals surface area contributed by atoms with Crippen molar-refractivity contribution in [3.63, 3.8) is 0 Å². The van der Waals surface area contributed by atoms with Crippen molar-refractivity contribution >= 4 is 5.91 Å². The van der Waals surface area contributed by atoms with Gasteiger partial charge in [0.25, 0.3) is 5.91 Å². The lowest BCUT2D eigenvalue weighted by Gasteiger charge is -2.29. The first-order valence-electron chi connectivity index (χ1n) is 10.6. The SMILES string of the molecule is O=C(NCc1ccc(CN2CCC(O)CC2)cc1)c1ccc(Oc2cccnc2)cc1. The van der Waals surface area contributed by atoms with Crippen molar-refractivity contribution in [2.24, 2.45) is 0 Å². The minimum absolute atomic E-state index is 0.121. The zero-order chi connectivity index (χ0) is 21.5. The van der Waals surface area contributed by atoms with Gasteiger partial charge in [-0.2, -0.15) is 0 Å². The van der Waals surface area contributed by atoms with E-state index < -0.39 is 0 Å². The number of hydrogen-bond acceptors (Lipinski definition) is 5. The first kappa shape index (κ1) is 21.0. The molecule has 0 saturated carbocycles. The maximum atomic E-state index is 12.5.